The first kappa shape index (κ1) is 15.2. The molecule has 0 aliphatic heterocycles. The van der Waals surface area contributed by atoms with Gasteiger partial charge in [-0.3, -0.25) is 4.99 Å². The SMILES string of the molecule is COCCNC(N)=NCC1(O)CCCC(C)(C)C1. The van der Waals surface area contributed by atoms with Crippen LogP contribution in [0.5, 0.6) is 0 Å². The van der Waals surface area contributed by atoms with Crippen molar-refractivity contribution in [3.8, 4) is 0 Å². The largest absolute Gasteiger partial charge is 0.388 e. The van der Waals surface area contributed by atoms with Gasteiger partial charge in [-0.05, 0) is 31.1 Å². The molecule has 1 unspecified atom stereocenters. The van der Waals surface area contributed by atoms with E-state index in [9.17, 15) is 5.11 Å². The predicted octanol–water partition coefficient (Wildman–Crippen LogP) is 0.868. The maximum Gasteiger partial charge on any atom is 0.188 e. The van der Waals surface area contributed by atoms with E-state index in [1.165, 1.54) is 6.42 Å². The van der Waals surface area contributed by atoms with Crippen LogP contribution in [-0.2, 0) is 4.74 Å². The van der Waals surface area contributed by atoms with Crippen molar-refractivity contribution in [3.63, 3.8) is 0 Å². The van der Waals surface area contributed by atoms with Crippen molar-refractivity contribution in [1.82, 2.24) is 5.32 Å². The third-order valence-corrected chi connectivity index (χ3v) is 3.46. The number of rotatable bonds is 5. The average Bonchev–Trinajstić information content (AvgIpc) is 2.25. The zero-order valence-corrected chi connectivity index (χ0v) is 11.8. The van der Waals surface area contributed by atoms with Gasteiger partial charge < -0.3 is 20.9 Å². The molecule has 4 N–H and O–H groups in total. The minimum atomic E-state index is -0.699. The van der Waals surface area contributed by atoms with Crippen LogP contribution in [0.4, 0.5) is 0 Å². The summed E-state index contributed by atoms with van der Waals surface area (Å²) >= 11 is 0. The molecule has 5 heteroatoms. The first-order valence-corrected chi connectivity index (χ1v) is 6.62. The van der Waals surface area contributed by atoms with Crippen molar-refractivity contribution in [2.75, 3.05) is 26.8 Å². The summed E-state index contributed by atoms with van der Waals surface area (Å²) in [4.78, 5) is 4.23. The first-order chi connectivity index (χ1) is 8.37. The van der Waals surface area contributed by atoms with Crippen LogP contribution in [0.2, 0.25) is 0 Å². The Labute approximate surface area is 110 Å². The maximum atomic E-state index is 10.5. The van der Waals surface area contributed by atoms with E-state index >= 15 is 0 Å². The first-order valence-electron chi connectivity index (χ1n) is 6.62. The van der Waals surface area contributed by atoms with E-state index in [0.717, 1.165) is 19.3 Å². The summed E-state index contributed by atoms with van der Waals surface area (Å²) < 4.78 is 4.91. The number of hydrogen-bond acceptors (Lipinski definition) is 3. The van der Waals surface area contributed by atoms with E-state index < -0.39 is 5.60 Å². The van der Waals surface area contributed by atoms with Gasteiger partial charge in [-0.1, -0.05) is 13.8 Å². The Balaban J connectivity index is 2.42. The fourth-order valence-electron chi connectivity index (χ4n) is 2.67. The van der Waals surface area contributed by atoms with Gasteiger partial charge in [0, 0.05) is 13.7 Å². The number of ether oxygens (including phenoxy) is 1. The molecule has 0 amide bonds. The van der Waals surface area contributed by atoms with Gasteiger partial charge in [-0.15, -0.1) is 0 Å². The number of nitrogens with one attached hydrogen (secondary N) is 1. The van der Waals surface area contributed by atoms with Gasteiger partial charge in [0.2, 0.25) is 0 Å². The maximum absolute atomic E-state index is 10.5. The van der Waals surface area contributed by atoms with Gasteiger partial charge in [0.05, 0.1) is 18.8 Å². The Bertz CT molecular complexity index is 292. The highest BCUT2D eigenvalue weighted by atomic mass is 16.5. The molecule has 0 bridgehead atoms. The molecule has 1 rings (SSSR count). The van der Waals surface area contributed by atoms with Crippen molar-refractivity contribution >= 4 is 5.96 Å². The molecule has 1 atom stereocenters. The number of guanidine groups is 1. The van der Waals surface area contributed by atoms with Gasteiger partial charge >= 0.3 is 0 Å². The van der Waals surface area contributed by atoms with Crippen molar-refractivity contribution < 1.29 is 9.84 Å². The Morgan fingerprint density at radius 3 is 2.78 bits per heavy atom. The molecule has 18 heavy (non-hydrogen) atoms. The highest BCUT2D eigenvalue weighted by Gasteiger charge is 2.38. The molecule has 0 radical (unpaired) electrons. The average molecular weight is 257 g/mol. The Kier molecular flexibility index (Phi) is 5.41. The van der Waals surface area contributed by atoms with Gasteiger partial charge in [-0.2, -0.15) is 0 Å². The Morgan fingerprint density at radius 1 is 1.44 bits per heavy atom. The lowest BCUT2D eigenvalue weighted by atomic mass is 9.70. The van der Waals surface area contributed by atoms with Crippen molar-refractivity contribution in [2.24, 2.45) is 16.1 Å². The van der Waals surface area contributed by atoms with Crippen LogP contribution < -0.4 is 11.1 Å². The highest BCUT2D eigenvalue weighted by Crippen LogP contribution is 2.40. The Morgan fingerprint density at radius 2 is 2.17 bits per heavy atom. The lowest BCUT2D eigenvalue weighted by molar-refractivity contribution is -0.0307. The molecule has 1 aliphatic rings. The van der Waals surface area contributed by atoms with Crippen LogP contribution in [0.25, 0.3) is 0 Å². The van der Waals surface area contributed by atoms with Gasteiger partial charge in [0.15, 0.2) is 5.96 Å². The van der Waals surface area contributed by atoms with Crippen LogP contribution in [0, 0.1) is 5.41 Å². The van der Waals surface area contributed by atoms with E-state index in [2.05, 4.69) is 24.2 Å². The van der Waals surface area contributed by atoms with Crippen molar-refractivity contribution in [1.29, 1.82) is 0 Å². The summed E-state index contributed by atoms with van der Waals surface area (Å²) in [5.41, 5.74) is 5.23. The molecular weight excluding hydrogens is 230 g/mol. The molecule has 1 aliphatic carbocycles. The summed E-state index contributed by atoms with van der Waals surface area (Å²) in [5, 5.41) is 13.5. The zero-order valence-electron chi connectivity index (χ0n) is 11.8. The lowest BCUT2D eigenvalue weighted by Crippen LogP contribution is -2.43. The smallest absolute Gasteiger partial charge is 0.188 e. The van der Waals surface area contributed by atoms with Crippen LogP contribution in [0.15, 0.2) is 4.99 Å². The molecule has 0 saturated heterocycles. The van der Waals surface area contributed by atoms with Crippen LogP contribution in [-0.4, -0.2) is 43.5 Å². The summed E-state index contributed by atoms with van der Waals surface area (Å²) in [7, 11) is 1.64. The van der Waals surface area contributed by atoms with E-state index in [1.807, 2.05) is 0 Å². The van der Waals surface area contributed by atoms with E-state index in [1.54, 1.807) is 7.11 Å². The van der Waals surface area contributed by atoms with Crippen molar-refractivity contribution in [2.45, 2.75) is 45.1 Å². The second kappa shape index (κ2) is 6.38. The molecule has 0 spiro atoms. The minimum absolute atomic E-state index is 0.195. The lowest BCUT2D eigenvalue weighted by Gasteiger charge is -2.40. The van der Waals surface area contributed by atoms with E-state index in [4.69, 9.17) is 10.5 Å². The summed E-state index contributed by atoms with van der Waals surface area (Å²) in [6.45, 7) is 5.99. The molecule has 1 saturated carbocycles. The number of hydrogen-bond donors (Lipinski definition) is 3. The molecule has 106 valence electrons. The molecule has 1 fully saturated rings. The van der Waals surface area contributed by atoms with E-state index in [-0.39, 0.29) is 5.41 Å². The summed E-state index contributed by atoms with van der Waals surface area (Å²) in [6, 6.07) is 0. The summed E-state index contributed by atoms with van der Waals surface area (Å²) in [5.74, 6) is 0.379. The quantitative estimate of drug-likeness (QED) is 0.388. The molecule has 5 nitrogen and oxygen atoms in total. The fourth-order valence-corrected chi connectivity index (χ4v) is 2.67. The topological polar surface area (TPSA) is 79.9 Å². The van der Waals surface area contributed by atoms with Crippen LogP contribution in [0.3, 0.4) is 0 Å². The predicted molar refractivity (Wildman–Crippen MR) is 73.6 cm³/mol. The second-order valence-electron chi connectivity index (χ2n) is 6.04. The van der Waals surface area contributed by atoms with Gasteiger partial charge in [0.25, 0.3) is 0 Å². The number of nitrogens with zero attached hydrogens (tertiary/aromatic N) is 1. The van der Waals surface area contributed by atoms with E-state index in [0.29, 0.717) is 25.7 Å². The highest BCUT2D eigenvalue weighted by molar-refractivity contribution is 5.77. The molecule has 0 heterocycles. The molecular formula is C13H27N3O2. The summed E-state index contributed by atoms with van der Waals surface area (Å²) in [6.07, 6.45) is 3.82. The monoisotopic (exact) mass is 257 g/mol. The number of aliphatic imine (C=N–C) groups is 1. The fraction of sp³-hybridized carbons (Fsp3) is 0.923. The van der Waals surface area contributed by atoms with Crippen molar-refractivity contribution in [3.05, 3.63) is 0 Å². The minimum Gasteiger partial charge on any atom is -0.388 e. The van der Waals surface area contributed by atoms with Gasteiger partial charge in [-0.25, -0.2) is 0 Å². The third-order valence-electron chi connectivity index (χ3n) is 3.46. The zero-order chi connectivity index (χ0) is 13.6. The number of aliphatic hydroxyl groups is 1. The van der Waals surface area contributed by atoms with Crippen LogP contribution >= 0.6 is 0 Å². The number of methoxy groups -OCH3 is 1. The molecule has 0 aromatic carbocycles. The normalized spacial score (nSPS) is 28.1. The van der Waals surface area contributed by atoms with Crippen LogP contribution in [0.1, 0.15) is 39.5 Å². The standard InChI is InChI=1S/C13H27N3O2/c1-12(2)5-4-6-13(17,9-12)10-16-11(14)15-7-8-18-3/h17H,4-10H2,1-3H3,(H3,14,15,16). The molecule has 0 aromatic rings. The Hall–Kier alpha value is -0.810. The second-order valence-corrected chi connectivity index (χ2v) is 6.04. The third kappa shape index (κ3) is 5.23. The van der Waals surface area contributed by atoms with Gasteiger partial charge in [0.1, 0.15) is 0 Å². The number of nitrogens with two attached hydrogens (primary N) is 1. The molecule has 0 aromatic heterocycles.